The monoisotopic (exact) mass is 274 g/mol. The Morgan fingerprint density at radius 1 is 1.20 bits per heavy atom. The molecule has 0 aliphatic heterocycles. The Morgan fingerprint density at radius 3 is 2.25 bits per heavy atom. The van der Waals surface area contributed by atoms with Gasteiger partial charge in [-0.1, -0.05) is 12.1 Å². The fraction of sp³-hybridized carbons (Fsp3) is 0.562. The van der Waals surface area contributed by atoms with Crippen LogP contribution in [0, 0.1) is 11.8 Å². The van der Waals surface area contributed by atoms with Crippen LogP contribution in [0.2, 0.25) is 0 Å². The summed E-state index contributed by atoms with van der Waals surface area (Å²) in [6.45, 7) is 0. The van der Waals surface area contributed by atoms with Gasteiger partial charge in [-0.3, -0.25) is 4.79 Å². The molecule has 0 radical (unpaired) electrons. The highest BCUT2D eigenvalue weighted by molar-refractivity contribution is 5.82. The molecular weight excluding hydrogens is 252 g/mol. The third-order valence-corrected chi connectivity index (χ3v) is 4.30. The molecule has 2 fully saturated rings. The van der Waals surface area contributed by atoms with Gasteiger partial charge in [-0.05, 0) is 61.6 Å². The summed E-state index contributed by atoms with van der Waals surface area (Å²) in [7, 11) is 0. The number of hydrogen-bond acceptors (Lipinski definition) is 3. The lowest BCUT2D eigenvalue weighted by molar-refractivity contribution is -0.123. The van der Waals surface area contributed by atoms with Gasteiger partial charge in [-0.2, -0.15) is 0 Å². The molecule has 0 unspecified atom stereocenters. The molecular formula is C16H22N2O2. The van der Waals surface area contributed by atoms with Gasteiger partial charge in [0.1, 0.15) is 5.75 Å². The minimum atomic E-state index is -0.514. The van der Waals surface area contributed by atoms with Gasteiger partial charge in [0, 0.05) is 6.04 Å². The molecule has 1 atom stereocenters. The highest BCUT2D eigenvalue weighted by atomic mass is 16.3. The van der Waals surface area contributed by atoms with Crippen molar-refractivity contribution in [2.45, 2.75) is 44.2 Å². The quantitative estimate of drug-likeness (QED) is 0.737. The molecule has 4 heteroatoms. The minimum Gasteiger partial charge on any atom is -0.508 e. The summed E-state index contributed by atoms with van der Waals surface area (Å²) >= 11 is 0. The number of phenolic OH excluding ortho intramolecular Hbond substituents is 1. The van der Waals surface area contributed by atoms with E-state index in [1.807, 2.05) is 12.1 Å². The molecule has 3 rings (SSSR count). The second-order valence-corrected chi connectivity index (χ2v) is 6.19. The van der Waals surface area contributed by atoms with Gasteiger partial charge in [-0.15, -0.1) is 0 Å². The second kappa shape index (κ2) is 5.44. The van der Waals surface area contributed by atoms with Crippen molar-refractivity contribution >= 4 is 5.91 Å². The molecule has 0 heterocycles. The number of rotatable bonds is 6. The first kappa shape index (κ1) is 13.4. The van der Waals surface area contributed by atoms with Crippen molar-refractivity contribution in [2.24, 2.45) is 17.6 Å². The predicted molar refractivity (Wildman–Crippen MR) is 77.2 cm³/mol. The van der Waals surface area contributed by atoms with Crippen LogP contribution in [0.5, 0.6) is 5.75 Å². The van der Waals surface area contributed by atoms with E-state index in [1.165, 1.54) is 25.7 Å². The van der Waals surface area contributed by atoms with Crippen molar-refractivity contribution in [2.75, 3.05) is 0 Å². The summed E-state index contributed by atoms with van der Waals surface area (Å²) in [5.41, 5.74) is 6.97. The standard InChI is InChI=1S/C16H22N2O2/c17-14(9-10-1-7-13(19)8-2-10)16(20)18-15(11-3-4-11)12-5-6-12/h1-2,7-8,11-12,14-15,19H,3-6,9,17H2,(H,18,20)/t14-/m0/s1. The van der Waals surface area contributed by atoms with E-state index in [2.05, 4.69) is 5.32 Å². The first-order chi connectivity index (χ1) is 9.63. The number of amides is 1. The summed E-state index contributed by atoms with van der Waals surface area (Å²) in [6, 6.07) is 6.70. The first-order valence-corrected chi connectivity index (χ1v) is 7.47. The molecule has 0 spiro atoms. The highest BCUT2D eigenvalue weighted by Gasteiger charge is 2.42. The summed E-state index contributed by atoms with van der Waals surface area (Å²) in [4.78, 5) is 12.2. The van der Waals surface area contributed by atoms with Crippen LogP contribution in [-0.4, -0.2) is 23.1 Å². The van der Waals surface area contributed by atoms with E-state index >= 15 is 0 Å². The molecule has 0 aromatic heterocycles. The second-order valence-electron chi connectivity index (χ2n) is 6.19. The summed E-state index contributed by atoms with van der Waals surface area (Å²) in [5, 5.41) is 12.4. The van der Waals surface area contributed by atoms with E-state index in [4.69, 9.17) is 5.73 Å². The van der Waals surface area contributed by atoms with Crippen LogP contribution in [-0.2, 0) is 11.2 Å². The minimum absolute atomic E-state index is 0.0399. The average Bonchev–Trinajstić information content (AvgIpc) is 3.29. The van der Waals surface area contributed by atoms with Crippen LogP contribution in [0.15, 0.2) is 24.3 Å². The van der Waals surface area contributed by atoms with Crippen molar-refractivity contribution in [1.82, 2.24) is 5.32 Å². The SMILES string of the molecule is N[C@@H](Cc1ccc(O)cc1)C(=O)NC(C1CC1)C1CC1. The van der Waals surface area contributed by atoms with Gasteiger partial charge in [0.25, 0.3) is 0 Å². The molecule has 2 saturated carbocycles. The van der Waals surface area contributed by atoms with Crippen molar-refractivity contribution in [3.8, 4) is 5.75 Å². The van der Waals surface area contributed by atoms with Crippen molar-refractivity contribution < 1.29 is 9.90 Å². The zero-order chi connectivity index (χ0) is 14.1. The van der Waals surface area contributed by atoms with E-state index in [9.17, 15) is 9.90 Å². The predicted octanol–water partition coefficient (Wildman–Crippen LogP) is 1.57. The van der Waals surface area contributed by atoms with Crippen LogP contribution in [0.3, 0.4) is 0 Å². The van der Waals surface area contributed by atoms with Crippen molar-refractivity contribution in [3.63, 3.8) is 0 Å². The Balaban J connectivity index is 1.54. The Bertz CT molecular complexity index is 466. The molecule has 20 heavy (non-hydrogen) atoms. The summed E-state index contributed by atoms with van der Waals surface area (Å²) < 4.78 is 0. The third-order valence-electron chi connectivity index (χ3n) is 4.30. The first-order valence-electron chi connectivity index (χ1n) is 7.47. The Morgan fingerprint density at radius 2 is 1.75 bits per heavy atom. The van der Waals surface area contributed by atoms with Gasteiger partial charge in [-0.25, -0.2) is 0 Å². The summed E-state index contributed by atoms with van der Waals surface area (Å²) in [5.74, 6) is 1.57. The number of carbonyl (C=O) groups is 1. The van der Waals surface area contributed by atoms with Crippen molar-refractivity contribution in [1.29, 1.82) is 0 Å². The Hall–Kier alpha value is -1.55. The molecule has 2 aliphatic carbocycles. The topological polar surface area (TPSA) is 75.3 Å². The number of phenols is 1. The van der Waals surface area contributed by atoms with Crippen LogP contribution in [0.25, 0.3) is 0 Å². The zero-order valence-electron chi connectivity index (χ0n) is 11.6. The number of benzene rings is 1. The van der Waals surface area contributed by atoms with Gasteiger partial charge in [0.15, 0.2) is 0 Å². The van der Waals surface area contributed by atoms with Crippen LogP contribution < -0.4 is 11.1 Å². The summed E-state index contributed by atoms with van der Waals surface area (Å²) in [6.07, 6.45) is 5.49. The van der Waals surface area contributed by atoms with Crippen molar-refractivity contribution in [3.05, 3.63) is 29.8 Å². The van der Waals surface area contributed by atoms with Gasteiger partial charge >= 0.3 is 0 Å². The normalized spacial score (nSPS) is 19.9. The van der Waals surface area contributed by atoms with Gasteiger partial charge < -0.3 is 16.2 Å². The zero-order valence-corrected chi connectivity index (χ0v) is 11.6. The lowest BCUT2D eigenvalue weighted by Crippen LogP contribution is -2.48. The highest BCUT2D eigenvalue weighted by Crippen LogP contribution is 2.44. The van der Waals surface area contributed by atoms with Gasteiger partial charge in [0.05, 0.1) is 6.04 Å². The van der Waals surface area contributed by atoms with E-state index < -0.39 is 6.04 Å². The number of nitrogens with two attached hydrogens (primary N) is 1. The molecule has 1 aromatic carbocycles. The maximum absolute atomic E-state index is 12.2. The molecule has 4 nitrogen and oxygen atoms in total. The van der Waals surface area contributed by atoms with Crippen LogP contribution in [0.4, 0.5) is 0 Å². The van der Waals surface area contributed by atoms with E-state index in [0.717, 1.165) is 5.56 Å². The fourth-order valence-corrected chi connectivity index (χ4v) is 2.78. The number of carbonyl (C=O) groups excluding carboxylic acids is 1. The maximum Gasteiger partial charge on any atom is 0.237 e. The number of aromatic hydroxyl groups is 1. The van der Waals surface area contributed by atoms with Crippen LogP contribution in [0.1, 0.15) is 31.2 Å². The van der Waals surface area contributed by atoms with E-state index in [0.29, 0.717) is 24.3 Å². The fourth-order valence-electron chi connectivity index (χ4n) is 2.78. The largest absolute Gasteiger partial charge is 0.508 e. The van der Waals surface area contributed by atoms with Crippen LogP contribution >= 0.6 is 0 Å². The molecule has 4 N–H and O–H groups in total. The molecule has 108 valence electrons. The third kappa shape index (κ3) is 3.31. The number of hydrogen-bond donors (Lipinski definition) is 3. The van der Waals surface area contributed by atoms with E-state index in [1.54, 1.807) is 12.1 Å². The van der Waals surface area contributed by atoms with Gasteiger partial charge in [0.2, 0.25) is 5.91 Å². The molecule has 1 aromatic rings. The number of nitrogens with one attached hydrogen (secondary N) is 1. The maximum atomic E-state index is 12.2. The molecule has 0 bridgehead atoms. The molecule has 0 saturated heterocycles. The Kier molecular flexibility index (Phi) is 3.66. The Labute approximate surface area is 119 Å². The average molecular weight is 274 g/mol. The van der Waals surface area contributed by atoms with E-state index in [-0.39, 0.29) is 11.7 Å². The molecule has 1 amide bonds. The smallest absolute Gasteiger partial charge is 0.237 e. The lowest BCUT2D eigenvalue weighted by atomic mass is 10.0. The lowest BCUT2D eigenvalue weighted by Gasteiger charge is -2.20. The molecule has 2 aliphatic rings.